The predicted octanol–water partition coefficient (Wildman–Crippen LogP) is 3.98. The Morgan fingerprint density at radius 1 is 1.12 bits per heavy atom. The van der Waals surface area contributed by atoms with Crippen LogP contribution in [0.2, 0.25) is 0 Å². The SMILES string of the molecule is COc1ccc2c(c1)nc1nc(Nc3cccc(C(F)(F)F)c3)[nH]n12. The molecule has 0 aliphatic carbocycles. The van der Waals surface area contributed by atoms with Crippen LogP contribution in [-0.4, -0.2) is 26.7 Å². The fourth-order valence-electron chi connectivity index (χ4n) is 2.56. The number of alkyl halides is 3. The number of hydrogen-bond donors (Lipinski definition) is 2. The number of nitrogens with zero attached hydrogens (tertiary/aromatic N) is 3. The van der Waals surface area contributed by atoms with Gasteiger partial charge in [0.25, 0.3) is 5.78 Å². The van der Waals surface area contributed by atoms with E-state index in [4.69, 9.17) is 4.74 Å². The van der Waals surface area contributed by atoms with Crippen LogP contribution in [0.25, 0.3) is 16.8 Å². The molecule has 0 radical (unpaired) electrons. The van der Waals surface area contributed by atoms with Crippen LogP contribution in [-0.2, 0) is 6.18 Å². The number of benzene rings is 2. The van der Waals surface area contributed by atoms with Crippen molar-refractivity contribution in [2.45, 2.75) is 6.18 Å². The molecular formula is C16H12F3N5O. The molecule has 0 spiro atoms. The van der Waals surface area contributed by atoms with Crippen LogP contribution in [0.1, 0.15) is 5.56 Å². The Morgan fingerprint density at radius 3 is 2.72 bits per heavy atom. The summed E-state index contributed by atoms with van der Waals surface area (Å²) in [6.07, 6.45) is -4.40. The molecule has 4 aromatic rings. The van der Waals surface area contributed by atoms with Crippen LogP contribution in [0, 0.1) is 0 Å². The maximum atomic E-state index is 12.8. The normalized spacial score (nSPS) is 12.0. The van der Waals surface area contributed by atoms with E-state index in [0.717, 1.165) is 17.6 Å². The highest BCUT2D eigenvalue weighted by atomic mass is 19.4. The number of H-pyrrole nitrogens is 1. The molecule has 2 aromatic carbocycles. The average molecular weight is 347 g/mol. The lowest BCUT2D eigenvalue weighted by Crippen LogP contribution is -2.05. The summed E-state index contributed by atoms with van der Waals surface area (Å²) in [5, 5.41) is 5.80. The minimum Gasteiger partial charge on any atom is -0.497 e. The zero-order valence-electron chi connectivity index (χ0n) is 12.9. The van der Waals surface area contributed by atoms with Crippen LogP contribution < -0.4 is 10.1 Å². The first-order valence-electron chi connectivity index (χ1n) is 7.30. The van der Waals surface area contributed by atoms with E-state index in [9.17, 15) is 13.2 Å². The van der Waals surface area contributed by atoms with Gasteiger partial charge in [0, 0.05) is 11.8 Å². The van der Waals surface area contributed by atoms with Crippen molar-refractivity contribution in [1.82, 2.24) is 19.6 Å². The molecule has 0 fully saturated rings. The summed E-state index contributed by atoms with van der Waals surface area (Å²) in [4.78, 5) is 8.62. The molecule has 0 atom stereocenters. The summed E-state index contributed by atoms with van der Waals surface area (Å²) in [6, 6.07) is 10.3. The van der Waals surface area contributed by atoms with E-state index in [2.05, 4.69) is 20.4 Å². The first kappa shape index (κ1) is 15.3. The van der Waals surface area contributed by atoms with E-state index >= 15 is 0 Å². The quantitative estimate of drug-likeness (QED) is 0.588. The van der Waals surface area contributed by atoms with Gasteiger partial charge in [0.15, 0.2) is 0 Å². The Morgan fingerprint density at radius 2 is 1.96 bits per heavy atom. The molecule has 4 rings (SSSR count). The lowest BCUT2D eigenvalue weighted by atomic mass is 10.2. The molecule has 0 unspecified atom stereocenters. The molecule has 6 nitrogen and oxygen atoms in total. The Bertz CT molecular complexity index is 1070. The molecule has 2 N–H and O–H groups in total. The molecule has 0 saturated heterocycles. The Balaban J connectivity index is 1.69. The Hall–Kier alpha value is -3.23. The van der Waals surface area contributed by atoms with Crippen molar-refractivity contribution in [1.29, 1.82) is 0 Å². The van der Waals surface area contributed by atoms with Gasteiger partial charge in [-0.25, -0.2) is 9.50 Å². The van der Waals surface area contributed by atoms with Gasteiger partial charge in [-0.3, -0.25) is 5.10 Å². The van der Waals surface area contributed by atoms with Crippen molar-refractivity contribution in [3.8, 4) is 5.75 Å². The summed E-state index contributed by atoms with van der Waals surface area (Å²) < 4.78 is 45.2. The molecule has 0 aliphatic rings. The number of rotatable bonds is 3. The van der Waals surface area contributed by atoms with Crippen LogP contribution in [0.5, 0.6) is 5.75 Å². The smallest absolute Gasteiger partial charge is 0.416 e. The highest BCUT2D eigenvalue weighted by Crippen LogP contribution is 2.31. The zero-order chi connectivity index (χ0) is 17.6. The number of methoxy groups -OCH3 is 1. The van der Waals surface area contributed by atoms with Gasteiger partial charge in [-0.15, -0.1) is 0 Å². The summed E-state index contributed by atoms with van der Waals surface area (Å²) in [7, 11) is 1.57. The summed E-state index contributed by atoms with van der Waals surface area (Å²) in [6.45, 7) is 0. The Labute approximate surface area is 139 Å². The standard InChI is InChI=1S/C16H12F3N5O/c1-25-11-5-6-13-12(8-11)21-15-22-14(23-24(13)15)20-10-4-2-3-9(7-10)16(17,18)19/h2-8H,1H3,(H2,20,21,22,23). The van der Waals surface area contributed by atoms with E-state index in [-0.39, 0.29) is 5.69 Å². The molecule has 0 amide bonds. The third kappa shape index (κ3) is 2.73. The molecule has 0 saturated carbocycles. The molecule has 25 heavy (non-hydrogen) atoms. The summed E-state index contributed by atoms with van der Waals surface area (Å²) in [5.41, 5.74) is 1.02. The van der Waals surface area contributed by atoms with Crippen molar-refractivity contribution in [2.24, 2.45) is 0 Å². The van der Waals surface area contributed by atoms with Crippen LogP contribution in [0.15, 0.2) is 42.5 Å². The number of nitrogens with one attached hydrogen (secondary N) is 2. The highest BCUT2D eigenvalue weighted by molar-refractivity contribution is 5.81. The van der Waals surface area contributed by atoms with Crippen molar-refractivity contribution < 1.29 is 17.9 Å². The highest BCUT2D eigenvalue weighted by Gasteiger charge is 2.30. The van der Waals surface area contributed by atoms with Crippen molar-refractivity contribution >= 4 is 28.4 Å². The summed E-state index contributed by atoms with van der Waals surface area (Å²) >= 11 is 0. The maximum absolute atomic E-state index is 12.8. The second kappa shape index (κ2) is 5.40. The Kier molecular flexibility index (Phi) is 3.31. The number of aromatic nitrogens is 4. The lowest BCUT2D eigenvalue weighted by molar-refractivity contribution is -0.137. The first-order chi connectivity index (χ1) is 11.9. The van der Waals surface area contributed by atoms with Gasteiger partial charge in [-0.2, -0.15) is 18.2 Å². The number of fused-ring (bicyclic) bond motifs is 3. The van der Waals surface area contributed by atoms with Crippen LogP contribution >= 0.6 is 0 Å². The van der Waals surface area contributed by atoms with Gasteiger partial charge in [0.2, 0.25) is 5.95 Å². The predicted molar refractivity (Wildman–Crippen MR) is 86.1 cm³/mol. The van der Waals surface area contributed by atoms with E-state index < -0.39 is 11.7 Å². The van der Waals surface area contributed by atoms with E-state index in [0.29, 0.717) is 23.0 Å². The third-order valence-corrected chi connectivity index (χ3v) is 3.73. The first-order valence-corrected chi connectivity index (χ1v) is 7.30. The van der Waals surface area contributed by atoms with Gasteiger partial charge in [0.1, 0.15) is 5.75 Å². The number of aromatic amines is 1. The maximum Gasteiger partial charge on any atom is 0.416 e. The van der Waals surface area contributed by atoms with Gasteiger partial charge >= 0.3 is 6.18 Å². The van der Waals surface area contributed by atoms with Crippen LogP contribution in [0.4, 0.5) is 24.8 Å². The van der Waals surface area contributed by atoms with E-state index in [1.807, 2.05) is 6.07 Å². The largest absolute Gasteiger partial charge is 0.497 e. The van der Waals surface area contributed by atoms with E-state index in [1.165, 1.54) is 12.1 Å². The van der Waals surface area contributed by atoms with Gasteiger partial charge in [-0.1, -0.05) is 6.07 Å². The number of hydrogen-bond acceptors (Lipinski definition) is 4. The second-order valence-corrected chi connectivity index (χ2v) is 5.38. The topological polar surface area (TPSA) is 67.2 Å². The van der Waals surface area contributed by atoms with E-state index in [1.54, 1.807) is 23.8 Å². The number of anilines is 2. The van der Waals surface area contributed by atoms with Crippen LogP contribution in [0.3, 0.4) is 0 Å². The third-order valence-electron chi connectivity index (χ3n) is 3.73. The van der Waals surface area contributed by atoms with Crippen molar-refractivity contribution in [3.05, 3.63) is 48.0 Å². The zero-order valence-corrected chi connectivity index (χ0v) is 12.9. The average Bonchev–Trinajstić information content (AvgIpc) is 3.10. The number of imidazole rings is 1. The van der Waals surface area contributed by atoms with Gasteiger partial charge in [-0.05, 0) is 30.3 Å². The molecule has 9 heteroatoms. The second-order valence-electron chi connectivity index (χ2n) is 5.38. The molecule has 2 aromatic heterocycles. The minimum absolute atomic E-state index is 0.276. The molecule has 128 valence electrons. The van der Waals surface area contributed by atoms with Gasteiger partial charge in [0.05, 0.1) is 23.7 Å². The lowest BCUT2D eigenvalue weighted by Gasteiger charge is -2.08. The molecular weight excluding hydrogens is 335 g/mol. The molecule has 0 bridgehead atoms. The monoisotopic (exact) mass is 347 g/mol. The van der Waals surface area contributed by atoms with Crippen molar-refractivity contribution in [3.63, 3.8) is 0 Å². The minimum atomic E-state index is -4.40. The van der Waals surface area contributed by atoms with Gasteiger partial charge < -0.3 is 10.1 Å². The molecule has 2 heterocycles. The number of ether oxygens (including phenoxy) is 1. The fraction of sp³-hybridized carbons (Fsp3) is 0.125. The summed E-state index contributed by atoms with van der Waals surface area (Å²) in [5.74, 6) is 1.37. The number of halogens is 3. The van der Waals surface area contributed by atoms with Crippen molar-refractivity contribution in [2.75, 3.05) is 12.4 Å². The fourth-order valence-corrected chi connectivity index (χ4v) is 2.56. The molecule has 0 aliphatic heterocycles.